The van der Waals surface area contributed by atoms with E-state index in [1.54, 1.807) is 0 Å². The summed E-state index contributed by atoms with van der Waals surface area (Å²) in [4.78, 5) is 26.7. The van der Waals surface area contributed by atoms with Crippen LogP contribution in [0.2, 0.25) is 0 Å². The number of nitrogens with zero attached hydrogens (tertiary/aromatic N) is 2. The van der Waals surface area contributed by atoms with Crippen LogP contribution in [0, 0.1) is 0 Å². The number of carbonyl (C=O) groups excluding carboxylic acids is 1. The van der Waals surface area contributed by atoms with Gasteiger partial charge in [-0.05, 0) is 49.7 Å². The first-order chi connectivity index (χ1) is 12.6. The van der Waals surface area contributed by atoms with E-state index in [4.69, 9.17) is 5.11 Å². The van der Waals surface area contributed by atoms with Gasteiger partial charge in [0.2, 0.25) is 0 Å². The number of anilines is 1. The van der Waals surface area contributed by atoms with Gasteiger partial charge in [0, 0.05) is 12.1 Å². The Morgan fingerprint density at radius 1 is 1.23 bits per heavy atom. The van der Waals surface area contributed by atoms with E-state index in [0.717, 1.165) is 31.0 Å². The fourth-order valence-corrected chi connectivity index (χ4v) is 3.99. The minimum absolute atomic E-state index is 0.193. The molecule has 8 heteroatoms. The van der Waals surface area contributed by atoms with Crippen LogP contribution in [-0.2, 0) is 6.54 Å². The molecule has 7 nitrogen and oxygen atoms in total. The van der Waals surface area contributed by atoms with Gasteiger partial charge in [-0.3, -0.25) is 14.8 Å². The summed E-state index contributed by atoms with van der Waals surface area (Å²) in [5, 5.41) is 19.2. The van der Waals surface area contributed by atoms with Crippen molar-refractivity contribution in [2.24, 2.45) is 0 Å². The molecule has 0 radical (unpaired) electrons. The molecule has 1 fully saturated rings. The Labute approximate surface area is 153 Å². The largest absolute Gasteiger partial charge is 0.477 e. The Kier molecular flexibility index (Phi) is 4.44. The second kappa shape index (κ2) is 6.89. The van der Waals surface area contributed by atoms with Gasteiger partial charge in [-0.2, -0.15) is 5.10 Å². The van der Waals surface area contributed by atoms with Gasteiger partial charge in [-0.1, -0.05) is 12.1 Å². The third kappa shape index (κ3) is 3.33. The van der Waals surface area contributed by atoms with Crippen LogP contribution in [0.1, 0.15) is 38.4 Å². The predicted molar refractivity (Wildman–Crippen MR) is 99.8 cm³/mol. The third-order valence-electron chi connectivity index (χ3n) is 4.52. The molecule has 2 aromatic heterocycles. The third-order valence-corrected chi connectivity index (χ3v) is 5.54. The Morgan fingerprint density at radius 2 is 1.96 bits per heavy atom. The highest BCUT2D eigenvalue weighted by molar-refractivity contribution is 7.20. The predicted octanol–water partition coefficient (Wildman–Crippen LogP) is 3.17. The van der Waals surface area contributed by atoms with Gasteiger partial charge in [-0.25, -0.2) is 4.79 Å². The summed E-state index contributed by atoms with van der Waals surface area (Å²) in [6.07, 6.45) is 2.51. The van der Waals surface area contributed by atoms with Gasteiger partial charge in [0.25, 0.3) is 5.91 Å². The molecule has 0 atom stereocenters. The summed E-state index contributed by atoms with van der Waals surface area (Å²) >= 11 is 1.07. The van der Waals surface area contributed by atoms with Crippen LogP contribution in [0.15, 0.2) is 30.3 Å². The maximum Gasteiger partial charge on any atom is 0.345 e. The van der Waals surface area contributed by atoms with E-state index in [9.17, 15) is 9.59 Å². The van der Waals surface area contributed by atoms with Gasteiger partial charge in [-0.15, -0.1) is 11.3 Å². The standard InChI is InChI=1S/C18H18N4O3S/c23-16(12-5-3-11(4-6-12)10-22-7-1-2-8-22)19-15-13-9-14(18(24)25)26-17(13)21-20-15/h3-6,9H,1-2,7-8,10H2,(H,24,25)(H2,19,20,21,23). The molecule has 0 unspecified atom stereocenters. The maximum absolute atomic E-state index is 12.5. The average Bonchev–Trinajstić information content (AvgIpc) is 3.34. The number of thiophene rings is 1. The maximum atomic E-state index is 12.5. The molecular weight excluding hydrogens is 352 g/mol. The van der Waals surface area contributed by atoms with Crippen molar-refractivity contribution in [2.45, 2.75) is 19.4 Å². The van der Waals surface area contributed by atoms with Crippen LogP contribution in [0.4, 0.5) is 5.82 Å². The lowest BCUT2D eigenvalue weighted by atomic mass is 10.1. The van der Waals surface area contributed by atoms with Crippen molar-refractivity contribution >= 4 is 39.2 Å². The van der Waals surface area contributed by atoms with E-state index in [0.29, 0.717) is 21.6 Å². The van der Waals surface area contributed by atoms with Crippen LogP contribution < -0.4 is 5.32 Å². The van der Waals surface area contributed by atoms with Crippen LogP contribution >= 0.6 is 11.3 Å². The zero-order valence-electron chi connectivity index (χ0n) is 14.0. The number of hydrogen-bond donors (Lipinski definition) is 3. The molecule has 1 aromatic carbocycles. The minimum Gasteiger partial charge on any atom is -0.477 e. The second-order valence-electron chi connectivity index (χ2n) is 6.37. The van der Waals surface area contributed by atoms with E-state index in [2.05, 4.69) is 20.4 Å². The number of aromatic amines is 1. The van der Waals surface area contributed by atoms with Crippen molar-refractivity contribution in [3.8, 4) is 0 Å². The first-order valence-electron chi connectivity index (χ1n) is 8.44. The number of amides is 1. The summed E-state index contributed by atoms with van der Waals surface area (Å²) in [7, 11) is 0. The van der Waals surface area contributed by atoms with Crippen molar-refractivity contribution in [1.29, 1.82) is 0 Å². The number of aromatic nitrogens is 2. The minimum atomic E-state index is -1.00. The molecule has 3 N–H and O–H groups in total. The number of H-pyrrole nitrogens is 1. The van der Waals surface area contributed by atoms with Gasteiger partial charge in [0.05, 0.1) is 5.39 Å². The van der Waals surface area contributed by atoms with Crippen LogP contribution in [0.3, 0.4) is 0 Å². The van der Waals surface area contributed by atoms with Crippen molar-refractivity contribution in [3.63, 3.8) is 0 Å². The molecule has 1 saturated heterocycles. The van der Waals surface area contributed by atoms with Gasteiger partial charge >= 0.3 is 5.97 Å². The van der Waals surface area contributed by atoms with Gasteiger partial charge in [0.1, 0.15) is 15.5 Å². The summed E-state index contributed by atoms with van der Waals surface area (Å²) in [5.41, 5.74) is 1.74. The Hall–Kier alpha value is -2.71. The highest BCUT2D eigenvalue weighted by atomic mass is 32.1. The molecule has 0 saturated carbocycles. The van der Waals surface area contributed by atoms with E-state index in [1.165, 1.54) is 24.5 Å². The summed E-state index contributed by atoms with van der Waals surface area (Å²) in [6.45, 7) is 3.18. The zero-order valence-corrected chi connectivity index (χ0v) is 14.8. The van der Waals surface area contributed by atoms with Gasteiger partial charge in [0.15, 0.2) is 0 Å². The van der Waals surface area contributed by atoms with Crippen molar-refractivity contribution < 1.29 is 14.7 Å². The molecule has 3 aromatic rings. The first-order valence-corrected chi connectivity index (χ1v) is 9.25. The van der Waals surface area contributed by atoms with E-state index < -0.39 is 5.97 Å². The molecule has 0 spiro atoms. The normalized spacial score (nSPS) is 14.8. The van der Waals surface area contributed by atoms with Crippen LogP contribution in [0.25, 0.3) is 10.2 Å². The van der Waals surface area contributed by atoms with E-state index >= 15 is 0 Å². The van der Waals surface area contributed by atoms with Crippen molar-refractivity contribution in [1.82, 2.24) is 15.1 Å². The lowest BCUT2D eigenvalue weighted by molar-refractivity contribution is 0.0702. The highest BCUT2D eigenvalue weighted by Gasteiger charge is 2.17. The lowest BCUT2D eigenvalue weighted by Gasteiger charge is -2.14. The Balaban J connectivity index is 1.46. The summed E-state index contributed by atoms with van der Waals surface area (Å²) < 4.78 is 0. The van der Waals surface area contributed by atoms with Gasteiger partial charge < -0.3 is 10.4 Å². The molecule has 3 heterocycles. The van der Waals surface area contributed by atoms with Crippen LogP contribution in [0.5, 0.6) is 0 Å². The zero-order chi connectivity index (χ0) is 18.1. The number of likely N-dealkylation sites (tertiary alicyclic amines) is 1. The smallest absolute Gasteiger partial charge is 0.345 e. The molecule has 4 rings (SSSR count). The number of carbonyl (C=O) groups is 2. The number of fused-ring (bicyclic) bond motifs is 1. The number of carboxylic acids is 1. The molecule has 26 heavy (non-hydrogen) atoms. The van der Waals surface area contributed by atoms with Crippen molar-refractivity contribution in [2.75, 3.05) is 18.4 Å². The SMILES string of the molecule is O=C(Nc1[nH]nc2sc(C(=O)O)cc12)c1ccc(CN2CCCC2)cc1. The topological polar surface area (TPSA) is 98.3 Å². The number of aromatic carboxylic acids is 1. The highest BCUT2D eigenvalue weighted by Crippen LogP contribution is 2.29. The van der Waals surface area contributed by atoms with E-state index in [-0.39, 0.29) is 10.8 Å². The molecule has 0 bridgehead atoms. The fourth-order valence-electron chi connectivity index (χ4n) is 3.16. The fraction of sp³-hybridized carbons (Fsp3) is 0.278. The number of rotatable bonds is 5. The van der Waals surface area contributed by atoms with Crippen molar-refractivity contribution in [3.05, 3.63) is 46.3 Å². The number of nitrogens with one attached hydrogen (secondary N) is 2. The Bertz CT molecular complexity index is 955. The summed E-state index contributed by atoms with van der Waals surface area (Å²) in [5.74, 6) is -0.847. The molecule has 0 aliphatic carbocycles. The first kappa shape index (κ1) is 16.7. The molecule has 1 aliphatic rings. The monoisotopic (exact) mass is 370 g/mol. The molecular formula is C18H18N4O3S. The Morgan fingerprint density at radius 3 is 2.65 bits per heavy atom. The molecule has 1 aliphatic heterocycles. The van der Waals surface area contributed by atoms with E-state index in [1.807, 2.05) is 24.3 Å². The average molecular weight is 370 g/mol. The number of carboxylic acid groups (broad SMARTS) is 1. The van der Waals surface area contributed by atoms with Crippen LogP contribution in [-0.4, -0.2) is 45.2 Å². The quantitative estimate of drug-likeness (QED) is 0.641. The lowest BCUT2D eigenvalue weighted by Crippen LogP contribution is -2.18. The molecule has 1 amide bonds. The summed E-state index contributed by atoms with van der Waals surface area (Å²) in [6, 6.07) is 9.08. The number of hydrogen-bond acceptors (Lipinski definition) is 5. The number of benzene rings is 1. The second-order valence-corrected chi connectivity index (χ2v) is 7.40. The molecule has 134 valence electrons.